The molecule has 2 aromatic carbocycles. The van der Waals surface area contributed by atoms with Gasteiger partial charge in [0.1, 0.15) is 48.1 Å². The van der Waals surface area contributed by atoms with Gasteiger partial charge in [0.05, 0.1) is 24.3 Å². The number of carbonyl (C=O) groups excluding carboxylic acids is 3. The van der Waals surface area contributed by atoms with Gasteiger partial charge in [-0.1, -0.05) is 35.9 Å². The molecule has 1 heterocycles. The van der Waals surface area contributed by atoms with Crippen molar-refractivity contribution in [2.24, 2.45) is 0 Å². The van der Waals surface area contributed by atoms with Crippen LogP contribution in [0, 0.1) is 0 Å². The second-order valence-corrected chi connectivity index (χ2v) is 12.2. The van der Waals surface area contributed by atoms with Crippen LogP contribution in [-0.4, -0.2) is 90.2 Å². The van der Waals surface area contributed by atoms with E-state index in [9.17, 15) is 29.7 Å². The fraction of sp³-hybridized carbons (Fsp3) is 0.531. The summed E-state index contributed by atoms with van der Waals surface area (Å²) in [4.78, 5) is 37.3. The van der Waals surface area contributed by atoms with E-state index in [1.807, 2.05) is 24.3 Å². The van der Waals surface area contributed by atoms with Crippen LogP contribution >= 0.6 is 11.6 Å². The Morgan fingerprint density at radius 3 is 2.37 bits per heavy atom. The zero-order valence-electron chi connectivity index (χ0n) is 26.6. The molecule has 0 aromatic heterocycles. The summed E-state index contributed by atoms with van der Waals surface area (Å²) in [6.45, 7) is 5.24. The molecule has 0 spiro atoms. The van der Waals surface area contributed by atoms with Crippen molar-refractivity contribution in [2.45, 2.75) is 89.4 Å². The van der Waals surface area contributed by atoms with Gasteiger partial charge in [-0.25, -0.2) is 0 Å². The Morgan fingerprint density at radius 2 is 1.72 bits per heavy atom. The zero-order valence-corrected chi connectivity index (χ0v) is 27.3. The van der Waals surface area contributed by atoms with Crippen LogP contribution in [0.5, 0.6) is 11.5 Å². The molecule has 0 saturated carbocycles. The maximum absolute atomic E-state index is 13.2. The Labute approximate surface area is 273 Å². The molecule has 2 aromatic rings. The molecule has 0 unspecified atom stereocenters. The van der Waals surface area contributed by atoms with E-state index in [2.05, 4.69) is 10.6 Å². The van der Waals surface area contributed by atoms with Gasteiger partial charge < -0.3 is 49.6 Å². The summed E-state index contributed by atoms with van der Waals surface area (Å²) in [6, 6.07) is 9.05. The molecule has 1 saturated heterocycles. The monoisotopic (exact) mass is 666 g/mol. The van der Waals surface area contributed by atoms with Crippen molar-refractivity contribution in [2.75, 3.05) is 20.8 Å². The maximum Gasteiger partial charge on any atom is 0.306 e. The number of methoxy groups -OCH3 is 2. The van der Waals surface area contributed by atoms with Gasteiger partial charge >= 0.3 is 5.97 Å². The van der Waals surface area contributed by atoms with Gasteiger partial charge in [-0.2, -0.15) is 0 Å². The SMILES string of the molecule is COc1cc(OCc2cccc(CNC(=O)CCCC(=O)OC(C)(C)C)c2)c(Cl)cc1C(=O)N[C@H]1[C@@H](OC)O[C@H](CO)[C@@H](O)[C@@H]1O. The standard InChI is InChI=1S/C32H43ClN2O11/c1-32(2,3)46-26(38)11-7-10-25(37)34-15-18-8-6-9-19(12-18)17-44-23-14-22(42-4)20(13-21(23)33)30(41)35-27-29(40)28(39)24(16-36)45-31(27)43-5/h6,8-9,12-14,24,27-29,31,36,39-40H,7,10-11,15-17H2,1-5H3,(H,34,37)(H,35,41)/t24-,27-,28-,29-,31+/m1/s1. The third-order valence-corrected chi connectivity index (χ3v) is 7.29. The van der Waals surface area contributed by atoms with E-state index in [0.29, 0.717) is 13.0 Å². The number of amides is 2. The van der Waals surface area contributed by atoms with Gasteiger partial charge in [0.15, 0.2) is 6.29 Å². The fourth-order valence-electron chi connectivity index (χ4n) is 4.72. The summed E-state index contributed by atoms with van der Waals surface area (Å²) in [5.74, 6) is -0.822. The number of benzene rings is 2. The number of hydrogen-bond donors (Lipinski definition) is 5. The predicted molar refractivity (Wildman–Crippen MR) is 166 cm³/mol. The minimum absolute atomic E-state index is 0.0320. The average Bonchev–Trinajstić information content (AvgIpc) is 3.01. The highest BCUT2D eigenvalue weighted by atomic mass is 35.5. The number of ether oxygens (including phenoxy) is 5. The number of esters is 1. The van der Waals surface area contributed by atoms with E-state index < -0.39 is 48.8 Å². The van der Waals surface area contributed by atoms with Gasteiger partial charge in [0.25, 0.3) is 5.91 Å². The van der Waals surface area contributed by atoms with Crippen LogP contribution in [0.4, 0.5) is 0 Å². The summed E-state index contributed by atoms with van der Waals surface area (Å²) < 4.78 is 27.2. The first kappa shape index (κ1) is 37.0. The van der Waals surface area contributed by atoms with Crippen molar-refractivity contribution in [3.8, 4) is 11.5 Å². The fourth-order valence-corrected chi connectivity index (χ4v) is 4.94. The van der Waals surface area contributed by atoms with E-state index in [-0.39, 0.29) is 53.4 Å². The van der Waals surface area contributed by atoms with Crippen LogP contribution in [0.15, 0.2) is 36.4 Å². The molecule has 46 heavy (non-hydrogen) atoms. The first-order valence-corrected chi connectivity index (χ1v) is 15.2. The minimum atomic E-state index is -1.49. The van der Waals surface area contributed by atoms with Crippen LogP contribution in [0.1, 0.15) is 61.5 Å². The molecular formula is C32H43ClN2O11. The molecule has 1 aliphatic heterocycles. The number of hydrogen-bond acceptors (Lipinski definition) is 11. The first-order valence-electron chi connectivity index (χ1n) is 14.8. The Kier molecular flexibility index (Phi) is 13.6. The molecule has 254 valence electrons. The summed E-state index contributed by atoms with van der Waals surface area (Å²) in [5, 5.41) is 35.7. The van der Waals surface area contributed by atoms with Crippen LogP contribution in [0.3, 0.4) is 0 Å². The number of nitrogens with one attached hydrogen (secondary N) is 2. The van der Waals surface area contributed by atoms with Gasteiger partial charge in [-0.3, -0.25) is 14.4 Å². The van der Waals surface area contributed by atoms with E-state index in [0.717, 1.165) is 11.1 Å². The minimum Gasteiger partial charge on any atom is -0.496 e. The van der Waals surface area contributed by atoms with E-state index in [1.165, 1.54) is 26.4 Å². The Hall–Kier alpha value is -3.46. The molecule has 1 fully saturated rings. The lowest BCUT2D eigenvalue weighted by Crippen LogP contribution is -2.64. The smallest absolute Gasteiger partial charge is 0.306 e. The summed E-state index contributed by atoms with van der Waals surface area (Å²) in [7, 11) is 2.67. The molecule has 0 radical (unpaired) electrons. The summed E-state index contributed by atoms with van der Waals surface area (Å²) in [5.41, 5.74) is 1.11. The zero-order chi connectivity index (χ0) is 34.0. The highest BCUT2D eigenvalue weighted by molar-refractivity contribution is 6.32. The molecule has 5 atom stereocenters. The van der Waals surface area contributed by atoms with Gasteiger partial charge in [-0.05, 0) is 44.4 Å². The Morgan fingerprint density at radius 1 is 1.00 bits per heavy atom. The third kappa shape index (κ3) is 10.5. The summed E-state index contributed by atoms with van der Waals surface area (Å²) in [6.07, 6.45) is -4.43. The lowest BCUT2D eigenvalue weighted by Gasteiger charge is -2.41. The topological polar surface area (TPSA) is 182 Å². The van der Waals surface area contributed by atoms with Crippen LogP contribution < -0.4 is 20.1 Å². The van der Waals surface area contributed by atoms with Crippen molar-refractivity contribution in [1.29, 1.82) is 0 Å². The highest BCUT2D eigenvalue weighted by Gasteiger charge is 2.45. The molecule has 0 aliphatic carbocycles. The van der Waals surface area contributed by atoms with Gasteiger partial charge in [0.2, 0.25) is 5.91 Å². The number of carbonyl (C=O) groups is 3. The molecular weight excluding hydrogens is 624 g/mol. The first-order chi connectivity index (χ1) is 21.8. The lowest BCUT2D eigenvalue weighted by molar-refractivity contribution is -0.261. The largest absolute Gasteiger partial charge is 0.496 e. The van der Waals surface area contributed by atoms with Crippen molar-refractivity contribution >= 4 is 29.4 Å². The third-order valence-electron chi connectivity index (χ3n) is 6.99. The number of aliphatic hydroxyl groups excluding tert-OH is 3. The van der Waals surface area contributed by atoms with Crippen LogP contribution in [0.2, 0.25) is 5.02 Å². The van der Waals surface area contributed by atoms with Crippen molar-refractivity contribution in [1.82, 2.24) is 10.6 Å². The Balaban J connectivity index is 1.57. The van der Waals surface area contributed by atoms with Gasteiger partial charge in [0, 0.05) is 32.6 Å². The normalized spacial score (nSPS) is 21.3. The quantitative estimate of drug-likeness (QED) is 0.187. The Bertz CT molecular complexity index is 1350. The highest BCUT2D eigenvalue weighted by Crippen LogP contribution is 2.34. The van der Waals surface area contributed by atoms with Crippen molar-refractivity contribution < 1.29 is 53.4 Å². The van der Waals surface area contributed by atoms with Crippen molar-refractivity contribution in [3.05, 3.63) is 58.1 Å². The molecule has 0 bridgehead atoms. The van der Waals surface area contributed by atoms with E-state index in [1.54, 1.807) is 20.8 Å². The molecule has 13 nitrogen and oxygen atoms in total. The lowest BCUT2D eigenvalue weighted by atomic mass is 9.96. The summed E-state index contributed by atoms with van der Waals surface area (Å²) >= 11 is 6.46. The maximum atomic E-state index is 13.2. The van der Waals surface area contributed by atoms with E-state index in [4.69, 9.17) is 35.3 Å². The number of aliphatic hydroxyl groups is 3. The van der Waals surface area contributed by atoms with Crippen LogP contribution in [0.25, 0.3) is 0 Å². The van der Waals surface area contributed by atoms with Gasteiger partial charge in [-0.15, -0.1) is 0 Å². The number of rotatable bonds is 14. The second-order valence-electron chi connectivity index (χ2n) is 11.7. The van der Waals surface area contributed by atoms with Crippen LogP contribution in [-0.2, 0) is 37.0 Å². The predicted octanol–water partition coefficient (Wildman–Crippen LogP) is 2.24. The molecule has 14 heteroatoms. The van der Waals surface area contributed by atoms with E-state index >= 15 is 0 Å². The van der Waals surface area contributed by atoms with Crippen molar-refractivity contribution in [3.63, 3.8) is 0 Å². The second kappa shape index (κ2) is 16.9. The molecule has 3 rings (SSSR count). The molecule has 1 aliphatic rings. The molecule has 5 N–H and O–H groups in total. The average molecular weight is 667 g/mol. The molecule has 2 amide bonds. The number of halogens is 1.